The van der Waals surface area contributed by atoms with E-state index in [1.165, 1.54) is 103 Å². The fourth-order valence-corrected chi connectivity index (χ4v) is 6.48. The molecule has 0 spiro atoms. The standard InChI is InChI=1S/C42H78O6/c1-5-9-13-17-19-23-27-33-37(31-25-21-15-11-7-3)41(45)47-39(43)35-29-30-36-40(44)48-42(46)38(32-26-22-16-12-8-4)34-28-24-20-18-14-10-6-2/h37-38H,5-36H2,1-4H3. The van der Waals surface area contributed by atoms with Crippen molar-refractivity contribution in [3.05, 3.63) is 0 Å². The molecule has 2 unspecified atom stereocenters. The van der Waals surface area contributed by atoms with Crippen LogP contribution in [0.3, 0.4) is 0 Å². The molecule has 6 heteroatoms. The van der Waals surface area contributed by atoms with Crippen LogP contribution in [-0.4, -0.2) is 23.9 Å². The lowest BCUT2D eigenvalue weighted by molar-refractivity contribution is -0.165. The molecule has 0 aliphatic heterocycles. The smallest absolute Gasteiger partial charge is 0.316 e. The average molecular weight is 679 g/mol. The molecular formula is C42H78O6. The fourth-order valence-electron chi connectivity index (χ4n) is 6.48. The van der Waals surface area contributed by atoms with Gasteiger partial charge in [-0.25, -0.2) is 0 Å². The van der Waals surface area contributed by atoms with E-state index in [0.29, 0.717) is 12.8 Å². The minimum Gasteiger partial charge on any atom is -0.393 e. The minimum atomic E-state index is -0.516. The van der Waals surface area contributed by atoms with Gasteiger partial charge in [0.15, 0.2) is 0 Å². The van der Waals surface area contributed by atoms with Crippen LogP contribution in [0.4, 0.5) is 0 Å². The molecule has 0 saturated carbocycles. The average Bonchev–Trinajstić information content (AvgIpc) is 3.07. The monoisotopic (exact) mass is 679 g/mol. The first-order valence-electron chi connectivity index (χ1n) is 20.9. The zero-order chi connectivity index (χ0) is 35.5. The third kappa shape index (κ3) is 29.2. The Bertz CT molecular complexity index is 714. The summed E-state index contributed by atoms with van der Waals surface area (Å²) >= 11 is 0. The lowest BCUT2D eigenvalue weighted by Gasteiger charge is -2.16. The molecule has 6 nitrogen and oxygen atoms in total. The van der Waals surface area contributed by atoms with Crippen LogP contribution in [0, 0.1) is 11.8 Å². The molecule has 0 aromatic heterocycles. The van der Waals surface area contributed by atoms with Gasteiger partial charge in [-0.15, -0.1) is 0 Å². The third-order valence-electron chi connectivity index (χ3n) is 9.73. The van der Waals surface area contributed by atoms with Crippen molar-refractivity contribution in [2.24, 2.45) is 11.8 Å². The van der Waals surface area contributed by atoms with Gasteiger partial charge in [0.1, 0.15) is 0 Å². The van der Waals surface area contributed by atoms with Crippen LogP contribution < -0.4 is 0 Å². The summed E-state index contributed by atoms with van der Waals surface area (Å²) in [6, 6.07) is 0. The third-order valence-corrected chi connectivity index (χ3v) is 9.73. The second-order valence-corrected chi connectivity index (χ2v) is 14.4. The van der Waals surface area contributed by atoms with Crippen molar-refractivity contribution >= 4 is 23.9 Å². The molecule has 0 saturated heterocycles. The summed E-state index contributed by atoms with van der Waals surface area (Å²) in [4.78, 5) is 50.9. The Hall–Kier alpha value is -1.72. The zero-order valence-electron chi connectivity index (χ0n) is 32.2. The number of rotatable bonds is 35. The molecule has 0 aliphatic carbocycles. The highest BCUT2D eigenvalue weighted by molar-refractivity contribution is 5.87. The molecule has 0 amide bonds. The van der Waals surface area contributed by atoms with Crippen molar-refractivity contribution < 1.29 is 28.7 Å². The van der Waals surface area contributed by atoms with E-state index in [0.717, 1.165) is 77.0 Å². The first-order chi connectivity index (χ1) is 23.4. The van der Waals surface area contributed by atoms with Crippen molar-refractivity contribution in [1.82, 2.24) is 0 Å². The van der Waals surface area contributed by atoms with Gasteiger partial charge < -0.3 is 9.47 Å². The van der Waals surface area contributed by atoms with Crippen LogP contribution in [0.15, 0.2) is 0 Å². The van der Waals surface area contributed by atoms with Gasteiger partial charge >= 0.3 is 23.9 Å². The van der Waals surface area contributed by atoms with Crippen molar-refractivity contribution in [1.29, 1.82) is 0 Å². The summed E-state index contributed by atoms with van der Waals surface area (Å²) in [6.45, 7) is 8.83. The highest BCUT2D eigenvalue weighted by Gasteiger charge is 2.24. The zero-order valence-corrected chi connectivity index (χ0v) is 32.2. The Morgan fingerprint density at radius 1 is 0.333 bits per heavy atom. The summed E-state index contributed by atoms with van der Waals surface area (Å²) in [5.41, 5.74) is 0. The van der Waals surface area contributed by atoms with Crippen LogP contribution >= 0.6 is 0 Å². The number of carbonyl (C=O) groups excluding carboxylic acids is 4. The SMILES string of the molecule is CCCCCCCCCC(CCCCCCC)C(=O)OC(=O)CCCCC(=O)OC(=O)C(CCCCCCC)CCCCCCCCC. The first kappa shape index (κ1) is 46.3. The maximum atomic E-state index is 12.9. The molecule has 48 heavy (non-hydrogen) atoms. The summed E-state index contributed by atoms with van der Waals surface area (Å²) < 4.78 is 10.6. The van der Waals surface area contributed by atoms with E-state index >= 15 is 0 Å². The van der Waals surface area contributed by atoms with Gasteiger partial charge in [-0.1, -0.05) is 182 Å². The van der Waals surface area contributed by atoms with Gasteiger partial charge in [0, 0.05) is 12.8 Å². The number of hydrogen-bond donors (Lipinski definition) is 0. The molecule has 0 aromatic carbocycles. The van der Waals surface area contributed by atoms with E-state index < -0.39 is 11.9 Å². The number of esters is 4. The number of unbranched alkanes of at least 4 members (excludes halogenated alkanes) is 21. The molecule has 0 fully saturated rings. The lowest BCUT2D eigenvalue weighted by Crippen LogP contribution is -2.22. The van der Waals surface area contributed by atoms with Crippen molar-refractivity contribution in [3.63, 3.8) is 0 Å². The van der Waals surface area contributed by atoms with Gasteiger partial charge in [0.2, 0.25) is 0 Å². The first-order valence-corrected chi connectivity index (χ1v) is 20.9. The Morgan fingerprint density at radius 3 is 0.812 bits per heavy atom. The normalized spacial score (nSPS) is 12.5. The molecular weight excluding hydrogens is 600 g/mol. The Balaban J connectivity index is 4.58. The van der Waals surface area contributed by atoms with Crippen molar-refractivity contribution in [2.75, 3.05) is 0 Å². The predicted molar refractivity (Wildman–Crippen MR) is 200 cm³/mol. The highest BCUT2D eigenvalue weighted by Crippen LogP contribution is 2.23. The predicted octanol–water partition coefficient (Wildman–Crippen LogP) is 12.9. The lowest BCUT2D eigenvalue weighted by atomic mass is 9.94. The van der Waals surface area contributed by atoms with E-state index in [9.17, 15) is 19.2 Å². The van der Waals surface area contributed by atoms with Gasteiger partial charge in [0.25, 0.3) is 0 Å². The van der Waals surface area contributed by atoms with E-state index in [-0.39, 0.29) is 36.6 Å². The van der Waals surface area contributed by atoms with Gasteiger partial charge in [-0.05, 0) is 38.5 Å². The van der Waals surface area contributed by atoms with E-state index in [1.54, 1.807) is 0 Å². The summed E-state index contributed by atoms with van der Waals surface area (Å²) in [7, 11) is 0. The summed E-state index contributed by atoms with van der Waals surface area (Å²) in [6.07, 6.45) is 32.3. The minimum absolute atomic E-state index is 0.0895. The molecule has 0 heterocycles. The molecule has 0 aromatic rings. The molecule has 0 bridgehead atoms. The van der Waals surface area contributed by atoms with Crippen LogP contribution in [0.2, 0.25) is 0 Å². The number of hydrogen-bond acceptors (Lipinski definition) is 6. The number of ether oxygens (including phenoxy) is 2. The highest BCUT2D eigenvalue weighted by atomic mass is 16.6. The topological polar surface area (TPSA) is 86.7 Å². The van der Waals surface area contributed by atoms with E-state index in [2.05, 4.69) is 27.7 Å². The Labute approximate surface area is 297 Å². The number of carbonyl (C=O) groups is 4. The van der Waals surface area contributed by atoms with Crippen LogP contribution in [0.25, 0.3) is 0 Å². The molecule has 0 radical (unpaired) electrons. The summed E-state index contributed by atoms with van der Waals surface area (Å²) in [5.74, 6) is -2.22. The molecule has 2 atom stereocenters. The van der Waals surface area contributed by atoms with Gasteiger partial charge in [-0.3, -0.25) is 19.2 Å². The van der Waals surface area contributed by atoms with E-state index in [1.807, 2.05) is 0 Å². The van der Waals surface area contributed by atoms with Crippen LogP contribution in [-0.2, 0) is 28.7 Å². The Morgan fingerprint density at radius 2 is 0.562 bits per heavy atom. The largest absolute Gasteiger partial charge is 0.393 e. The van der Waals surface area contributed by atoms with Crippen molar-refractivity contribution in [2.45, 2.75) is 233 Å². The van der Waals surface area contributed by atoms with Gasteiger partial charge in [0.05, 0.1) is 11.8 Å². The van der Waals surface area contributed by atoms with Crippen molar-refractivity contribution in [3.8, 4) is 0 Å². The van der Waals surface area contributed by atoms with Crippen LogP contribution in [0.5, 0.6) is 0 Å². The maximum absolute atomic E-state index is 12.9. The van der Waals surface area contributed by atoms with Gasteiger partial charge in [-0.2, -0.15) is 0 Å². The second kappa shape index (κ2) is 35.1. The second-order valence-electron chi connectivity index (χ2n) is 14.4. The molecule has 282 valence electrons. The quantitative estimate of drug-likeness (QED) is 0.0377. The molecule has 0 N–H and O–H groups in total. The molecule has 0 aliphatic rings. The van der Waals surface area contributed by atoms with Crippen LogP contribution in [0.1, 0.15) is 233 Å². The summed E-state index contributed by atoms with van der Waals surface area (Å²) in [5, 5.41) is 0. The Kier molecular flexibility index (Phi) is 33.9. The van der Waals surface area contributed by atoms with E-state index in [4.69, 9.17) is 9.47 Å². The fraction of sp³-hybridized carbons (Fsp3) is 0.905. The molecule has 0 rings (SSSR count). The maximum Gasteiger partial charge on any atom is 0.316 e.